The largest absolute Gasteiger partial charge is 0.497 e. The van der Waals surface area contributed by atoms with Gasteiger partial charge in [0.25, 0.3) is 5.91 Å². The molecule has 1 heterocycles. The fraction of sp³-hybridized carbons (Fsp3) is 0.0588. The molecule has 0 fully saturated rings. The molecule has 0 radical (unpaired) electrons. The normalized spacial score (nSPS) is 10.3. The van der Waals surface area contributed by atoms with Crippen molar-refractivity contribution in [2.45, 2.75) is 0 Å². The highest BCUT2D eigenvalue weighted by molar-refractivity contribution is 6.02. The number of methoxy groups -OCH3 is 1. The number of hydrogen-bond donors (Lipinski definition) is 1. The van der Waals surface area contributed by atoms with E-state index in [0.717, 1.165) is 0 Å². The Labute approximate surface area is 131 Å². The first-order chi connectivity index (χ1) is 11.2. The van der Waals surface area contributed by atoms with Crippen LogP contribution in [0, 0.1) is 5.82 Å². The molecule has 0 spiro atoms. The molecule has 0 saturated carbocycles. The van der Waals surface area contributed by atoms with Gasteiger partial charge >= 0.3 is 0 Å². The molecule has 6 heteroatoms. The Morgan fingerprint density at radius 1 is 1.13 bits per heavy atom. The average Bonchev–Trinajstić information content (AvgIpc) is 3.06. The summed E-state index contributed by atoms with van der Waals surface area (Å²) < 4.78 is 23.0. The van der Waals surface area contributed by atoms with Crippen molar-refractivity contribution in [3.05, 3.63) is 66.2 Å². The minimum Gasteiger partial charge on any atom is -0.497 e. The van der Waals surface area contributed by atoms with Gasteiger partial charge in [0.15, 0.2) is 0 Å². The smallest absolute Gasteiger partial charge is 0.294 e. The fourth-order valence-electron chi connectivity index (χ4n) is 2.01. The molecule has 0 aliphatic rings. The molecule has 0 unspecified atom stereocenters. The summed E-state index contributed by atoms with van der Waals surface area (Å²) >= 11 is 0. The molecular formula is C17H13FN2O3. The molecule has 1 aromatic heterocycles. The second-order valence-corrected chi connectivity index (χ2v) is 4.77. The van der Waals surface area contributed by atoms with Crippen LogP contribution in [0.25, 0.3) is 11.3 Å². The summed E-state index contributed by atoms with van der Waals surface area (Å²) in [5, 5.41) is 6.52. The molecule has 1 N–H and O–H groups in total. The standard InChI is InChI=1S/C17H13FN2O3/c1-22-14-8-6-13(7-9-14)19-17(21)16-10-15(20-23-16)11-2-4-12(18)5-3-11/h2-10H,1H3,(H,19,21). The van der Waals surface area contributed by atoms with Crippen LogP contribution in [0.5, 0.6) is 5.75 Å². The summed E-state index contributed by atoms with van der Waals surface area (Å²) in [5.74, 6) is 0.00662. The highest BCUT2D eigenvalue weighted by Crippen LogP contribution is 2.21. The van der Waals surface area contributed by atoms with Gasteiger partial charge in [-0.3, -0.25) is 4.79 Å². The summed E-state index contributed by atoms with van der Waals surface area (Å²) in [4.78, 5) is 12.1. The van der Waals surface area contributed by atoms with E-state index >= 15 is 0 Å². The molecule has 23 heavy (non-hydrogen) atoms. The first-order valence-electron chi connectivity index (χ1n) is 6.84. The van der Waals surface area contributed by atoms with Crippen LogP contribution in [0.15, 0.2) is 59.1 Å². The number of carbonyl (C=O) groups is 1. The number of rotatable bonds is 4. The lowest BCUT2D eigenvalue weighted by Crippen LogP contribution is -2.10. The monoisotopic (exact) mass is 312 g/mol. The molecule has 3 aromatic rings. The zero-order chi connectivity index (χ0) is 16.2. The van der Waals surface area contributed by atoms with E-state index < -0.39 is 5.91 Å². The van der Waals surface area contributed by atoms with E-state index in [1.54, 1.807) is 43.5 Å². The van der Waals surface area contributed by atoms with Crippen molar-refractivity contribution < 1.29 is 18.4 Å². The lowest BCUT2D eigenvalue weighted by Gasteiger charge is -2.03. The maximum Gasteiger partial charge on any atom is 0.294 e. The molecule has 2 aromatic carbocycles. The first-order valence-corrected chi connectivity index (χ1v) is 6.84. The van der Waals surface area contributed by atoms with Gasteiger partial charge < -0.3 is 14.6 Å². The Bertz CT molecular complexity index is 811. The predicted octanol–water partition coefficient (Wildman–Crippen LogP) is 3.74. The van der Waals surface area contributed by atoms with Crippen LogP contribution in [0.3, 0.4) is 0 Å². The topological polar surface area (TPSA) is 64.4 Å². The van der Waals surface area contributed by atoms with Crippen LogP contribution in [-0.4, -0.2) is 18.2 Å². The van der Waals surface area contributed by atoms with Crippen molar-refractivity contribution in [3.63, 3.8) is 0 Å². The summed E-state index contributed by atoms with van der Waals surface area (Å²) in [6.45, 7) is 0. The number of anilines is 1. The number of aromatic nitrogens is 1. The fourth-order valence-corrected chi connectivity index (χ4v) is 2.01. The Morgan fingerprint density at radius 3 is 2.48 bits per heavy atom. The second-order valence-electron chi connectivity index (χ2n) is 4.77. The lowest BCUT2D eigenvalue weighted by molar-refractivity contribution is 0.0988. The van der Waals surface area contributed by atoms with Crippen LogP contribution in [0.2, 0.25) is 0 Å². The van der Waals surface area contributed by atoms with Gasteiger partial charge in [-0.25, -0.2) is 4.39 Å². The molecule has 0 aliphatic carbocycles. The maximum absolute atomic E-state index is 12.9. The zero-order valence-electron chi connectivity index (χ0n) is 12.2. The molecule has 3 rings (SSSR count). The highest BCUT2D eigenvalue weighted by atomic mass is 19.1. The Morgan fingerprint density at radius 2 is 1.83 bits per heavy atom. The third-order valence-electron chi connectivity index (χ3n) is 3.22. The number of carbonyl (C=O) groups excluding carboxylic acids is 1. The third kappa shape index (κ3) is 3.37. The lowest BCUT2D eigenvalue weighted by atomic mass is 10.1. The Balaban J connectivity index is 1.74. The van der Waals surface area contributed by atoms with E-state index in [9.17, 15) is 9.18 Å². The van der Waals surface area contributed by atoms with Gasteiger partial charge in [0, 0.05) is 17.3 Å². The third-order valence-corrected chi connectivity index (χ3v) is 3.22. The van der Waals surface area contributed by atoms with Crippen LogP contribution in [-0.2, 0) is 0 Å². The molecule has 116 valence electrons. The van der Waals surface area contributed by atoms with Crippen molar-refractivity contribution in [1.82, 2.24) is 5.16 Å². The Hall–Kier alpha value is -3.15. The molecule has 5 nitrogen and oxygen atoms in total. The van der Waals surface area contributed by atoms with E-state index in [0.29, 0.717) is 22.7 Å². The van der Waals surface area contributed by atoms with Crippen LogP contribution >= 0.6 is 0 Å². The first kappa shape index (κ1) is 14.8. The predicted molar refractivity (Wildman–Crippen MR) is 82.8 cm³/mol. The number of benzene rings is 2. The molecule has 0 aliphatic heterocycles. The van der Waals surface area contributed by atoms with E-state index in [-0.39, 0.29) is 11.6 Å². The number of hydrogen-bond acceptors (Lipinski definition) is 4. The summed E-state index contributed by atoms with van der Waals surface area (Å²) in [7, 11) is 1.57. The minimum absolute atomic E-state index is 0.0696. The number of amides is 1. The van der Waals surface area contributed by atoms with Gasteiger partial charge in [0.2, 0.25) is 5.76 Å². The number of nitrogens with zero attached hydrogens (tertiary/aromatic N) is 1. The Kier molecular flexibility index (Phi) is 4.05. The van der Waals surface area contributed by atoms with Crippen molar-refractivity contribution >= 4 is 11.6 Å². The van der Waals surface area contributed by atoms with Gasteiger partial charge in [0.1, 0.15) is 17.3 Å². The molecule has 1 amide bonds. The van der Waals surface area contributed by atoms with Crippen molar-refractivity contribution in [3.8, 4) is 17.0 Å². The van der Waals surface area contributed by atoms with Crippen molar-refractivity contribution in [1.29, 1.82) is 0 Å². The molecular weight excluding hydrogens is 299 g/mol. The maximum atomic E-state index is 12.9. The minimum atomic E-state index is -0.420. The van der Waals surface area contributed by atoms with Crippen LogP contribution < -0.4 is 10.1 Å². The number of halogens is 1. The summed E-state index contributed by atoms with van der Waals surface area (Å²) in [5.41, 5.74) is 1.74. The van der Waals surface area contributed by atoms with E-state index in [1.807, 2.05) is 0 Å². The van der Waals surface area contributed by atoms with Crippen molar-refractivity contribution in [2.24, 2.45) is 0 Å². The number of ether oxygens (including phenoxy) is 1. The quantitative estimate of drug-likeness (QED) is 0.797. The van der Waals surface area contributed by atoms with Gasteiger partial charge in [-0.05, 0) is 48.5 Å². The highest BCUT2D eigenvalue weighted by Gasteiger charge is 2.14. The van der Waals surface area contributed by atoms with E-state index in [4.69, 9.17) is 9.26 Å². The van der Waals surface area contributed by atoms with Gasteiger partial charge in [0.05, 0.1) is 7.11 Å². The second kappa shape index (κ2) is 6.31. The molecule has 0 bridgehead atoms. The van der Waals surface area contributed by atoms with Crippen LogP contribution in [0.4, 0.5) is 10.1 Å². The molecule has 0 atom stereocenters. The summed E-state index contributed by atoms with van der Waals surface area (Å²) in [6, 6.07) is 14.2. The number of nitrogens with one attached hydrogen (secondary N) is 1. The van der Waals surface area contributed by atoms with Gasteiger partial charge in [-0.15, -0.1) is 0 Å². The van der Waals surface area contributed by atoms with Gasteiger partial charge in [-0.2, -0.15) is 0 Å². The van der Waals surface area contributed by atoms with Gasteiger partial charge in [-0.1, -0.05) is 5.16 Å². The summed E-state index contributed by atoms with van der Waals surface area (Å²) in [6.07, 6.45) is 0. The SMILES string of the molecule is COc1ccc(NC(=O)c2cc(-c3ccc(F)cc3)no2)cc1. The average molecular weight is 312 g/mol. The zero-order valence-corrected chi connectivity index (χ0v) is 12.2. The molecule has 0 saturated heterocycles. The van der Waals surface area contributed by atoms with Crippen molar-refractivity contribution in [2.75, 3.05) is 12.4 Å². The van der Waals surface area contributed by atoms with E-state index in [2.05, 4.69) is 10.5 Å². The van der Waals surface area contributed by atoms with Crippen LogP contribution in [0.1, 0.15) is 10.6 Å². The van der Waals surface area contributed by atoms with E-state index in [1.165, 1.54) is 18.2 Å².